The zero-order chi connectivity index (χ0) is 11.0. The predicted octanol–water partition coefficient (Wildman–Crippen LogP) is 3.23. The minimum atomic E-state index is -0.294. The molecular formula is C10H10O3S2. The lowest BCUT2D eigenvalue weighted by Crippen LogP contribution is -2.09. The molecule has 3 nitrogen and oxygen atoms in total. The average Bonchev–Trinajstić information content (AvgIpc) is 2.58. The second kappa shape index (κ2) is 3.83. The average molecular weight is 242 g/mol. The van der Waals surface area contributed by atoms with E-state index in [-0.39, 0.29) is 17.1 Å². The SMILES string of the molecule is CC(C)OC(=O)c1cc2cc(O)sc2s1. The van der Waals surface area contributed by atoms with Gasteiger partial charge in [0.2, 0.25) is 0 Å². The van der Waals surface area contributed by atoms with Crippen molar-refractivity contribution in [1.29, 1.82) is 0 Å². The van der Waals surface area contributed by atoms with Gasteiger partial charge in [-0.3, -0.25) is 0 Å². The Morgan fingerprint density at radius 1 is 1.40 bits per heavy atom. The third-order valence-corrected chi connectivity index (χ3v) is 3.92. The Morgan fingerprint density at radius 2 is 2.13 bits per heavy atom. The summed E-state index contributed by atoms with van der Waals surface area (Å²) in [5, 5.41) is 10.4. The van der Waals surface area contributed by atoms with E-state index in [1.165, 1.54) is 22.7 Å². The Labute approximate surface area is 94.9 Å². The zero-order valence-electron chi connectivity index (χ0n) is 8.31. The Hall–Kier alpha value is -1.07. The van der Waals surface area contributed by atoms with Gasteiger partial charge in [-0.15, -0.1) is 11.3 Å². The van der Waals surface area contributed by atoms with Crippen molar-refractivity contribution in [3.05, 3.63) is 17.0 Å². The van der Waals surface area contributed by atoms with Gasteiger partial charge in [-0.05, 0) is 19.9 Å². The molecule has 0 fully saturated rings. The standard InChI is InChI=1S/C10H10O3S2/c1-5(2)13-9(12)7-3-6-4-8(11)15-10(6)14-7/h3-5,11H,1-2H3. The van der Waals surface area contributed by atoms with Gasteiger partial charge in [0.25, 0.3) is 0 Å². The molecule has 0 saturated heterocycles. The molecule has 2 aromatic rings. The van der Waals surface area contributed by atoms with Crippen LogP contribution >= 0.6 is 22.7 Å². The van der Waals surface area contributed by atoms with E-state index in [0.717, 1.165) is 9.40 Å². The summed E-state index contributed by atoms with van der Waals surface area (Å²) in [6, 6.07) is 3.41. The van der Waals surface area contributed by atoms with Gasteiger partial charge in [-0.2, -0.15) is 0 Å². The molecule has 0 radical (unpaired) electrons. The van der Waals surface area contributed by atoms with E-state index in [1.54, 1.807) is 12.1 Å². The monoisotopic (exact) mass is 242 g/mol. The summed E-state index contributed by atoms with van der Waals surface area (Å²) in [6.45, 7) is 3.64. The fourth-order valence-electron chi connectivity index (χ4n) is 1.20. The highest BCUT2D eigenvalue weighted by atomic mass is 32.2. The first-order valence-corrected chi connectivity index (χ1v) is 6.13. The van der Waals surface area contributed by atoms with Gasteiger partial charge < -0.3 is 9.84 Å². The first-order valence-electron chi connectivity index (χ1n) is 4.49. The number of carbonyl (C=O) groups is 1. The van der Waals surface area contributed by atoms with Crippen LogP contribution in [-0.2, 0) is 4.74 Å². The number of aromatic hydroxyl groups is 1. The maximum absolute atomic E-state index is 11.5. The van der Waals surface area contributed by atoms with Crippen LogP contribution in [0, 0.1) is 0 Å². The molecular weight excluding hydrogens is 232 g/mol. The molecule has 0 unspecified atom stereocenters. The first-order chi connectivity index (χ1) is 7.06. The molecule has 80 valence electrons. The van der Waals surface area contributed by atoms with Crippen LogP contribution in [0.2, 0.25) is 0 Å². The summed E-state index contributed by atoms with van der Waals surface area (Å²) in [7, 11) is 0. The van der Waals surface area contributed by atoms with Gasteiger partial charge >= 0.3 is 5.97 Å². The van der Waals surface area contributed by atoms with Crippen LogP contribution in [0.25, 0.3) is 9.40 Å². The molecule has 0 aromatic carbocycles. The quantitative estimate of drug-likeness (QED) is 0.822. The van der Waals surface area contributed by atoms with E-state index >= 15 is 0 Å². The third kappa shape index (κ3) is 2.13. The molecule has 0 spiro atoms. The Bertz CT molecular complexity index is 464. The van der Waals surface area contributed by atoms with E-state index in [9.17, 15) is 9.90 Å². The summed E-state index contributed by atoms with van der Waals surface area (Å²) in [5.74, 6) is -0.294. The predicted molar refractivity (Wildman–Crippen MR) is 61.9 cm³/mol. The zero-order valence-corrected chi connectivity index (χ0v) is 9.95. The summed E-state index contributed by atoms with van der Waals surface area (Å²) < 4.78 is 6.03. The van der Waals surface area contributed by atoms with Gasteiger partial charge in [-0.25, -0.2) is 4.79 Å². The van der Waals surface area contributed by atoms with Gasteiger partial charge in [-0.1, -0.05) is 11.3 Å². The number of carbonyl (C=O) groups excluding carboxylic acids is 1. The lowest BCUT2D eigenvalue weighted by Gasteiger charge is -2.05. The van der Waals surface area contributed by atoms with Crippen LogP contribution < -0.4 is 0 Å². The second-order valence-electron chi connectivity index (χ2n) is 3.39. The van der Waals surface area contributed by atoms with Crippen molar-refractivity contribution in [2.24, 2.45) is 0 Å². The minimum Gasteiger partial charge on any atom is -0.499 e. The number of rotatable bonds is 2. The Morgan fingerprint density at radius 3 is 2.73 bits per heavy atom. The van der Waals surface area contributed by atoms with E-state index in [1.807, 2.05) is 13.8 Å². The number of hydrogen-bond acceptors (Lipinski definition) is 5. The smallest absolute Gasteiger partial charge is 0.348 e. The molecule has 5 heteroatoms. The molecule has 0 aliphatic carbocycles. The van der Waals surface area contributed by atoms with E-state index < -0.39 is 0 Å². The fraction of sp³-hybridized carbons (Fsp3) is 0.300. The normalized spacial score (nSPS) is 11.1. The molecule has 2 heterocycles. The number of ether oxygens (including phenoxy) is 1. The molecule has 0 saturated carbocycles. The summed E-state index contributed by atoms with van der Waals surface area (Å²) >= 11 is 2.63. The van der Waals surface area contributed by atoms with Crippen molar-refractivity contribution >= 4 is 38.0 Å². The van der Waals surface area contributed by atoms with Crippen LogP contribution in [-0.4, -0.2) is 17.2 Å². The van der Waals surface area contributed by atoms with Crippen molar-refractivity contribution in [1.82, 2.24) is 0 Å². The van der Waals surface area contributed by atoms with Crippen LogP contribution in [0.3, 0.4) is 0 Å². The van der Waals surface area contributed by atoms with Gasteiger partial charge in [0, 0.05) is 11.5 Å². The molecule has 1 N–H and O–H groups in total. The van der Waals surface area contributed by atoms with Crippen LogP contribution in [0.15, 0.2) is 12.1 Å². The van der Waals surface area contributed by atoms with Crippen LogP contribution in [0.1, 0.15) is 23.5 Å². The fourth-order valence-corrected chi connectivity index (χ4v) is 3.26. The Balaban J connectivity index is 2.29. The van der Waals surface area contributed by atoms with Crippen molar-refractivity contribution in [2.45, 2.75) is 20.0 Å². The molecule has 15 heavy (non-hydrogen) atoms. The molecule has 2 rings (SSSR count). The first kappa shape index (κ1) is 10.4. The summed E-state index contributed by atoms with van der Waals surface area (Å²) in [5.41, 5.74) is 0. The minimum absolute atomic E-state index is 0.106. The molecule has 0 atom stereocenters. The third-order valence-electron chi connectivity index (χ3n) is 1.75. The van der Waals surface area contributed by atoms with Crippen molar-refractivity contribution in [2.75, 3.05) is 0 Å². The number of fused-ring (bicyclic) bond motifs is 1. The lowest BCUT2D eigenvalue weighted by atomic mass is 10.3. The number of hydrogen-bond donors (Lipinski definition) is 1. The largest absolute Gasteiger partial charge is 0.499 e. The van der Waals surface area contributed by atoms with E-state index in [2.05, 4.69) is 0 Å². The van der Waals surface area contributed by atoms with E-state index in [4.69, 9.17) is 4.74 Å². The lowest BCUT2D eigenvalue weighted by molar-refractivity contribution is 0.0384. The summed E-state index contributed by atoms with van der Waals surface area (Å²) in [6.07, 6.45) is -0.106. The highest BCUT2D eigenvalue weighted by Crippen LogP contribution is 2.37. The second-order valence-corrected chi connectivity index (χ2v) is 5.73. The highest BCUT2D eigenvalue weighted by molar-refractivity contribution is 7.39. The molecule has 0 bridgehead atoms. The Kier molecular flexibility index (Phi) is 2.67. The van der Waals surface area contributed by atoms with E-state index in [0.29, 0.717) is 4.88 Å². The van der Waals surface area contributed by atoms with Crippen LogP contribution in [0.4, 0.5) is 0 Å². The number of thiophene rings is 2. The van der Waals surface area contributed by atoms with Crippen LogP contribution in [0.5, 0.6) is 5.06 Å². The maximum atomic E-state index is 11.5. The summed E-state index contributed by atoms with van der Waals surface area (Å²) in [4.78, 5) is 12.1. The highest BCUT2D eigenvalue weighted by Gasteiger charge is 2.14. The molecule has 0 aliphatic rings. The molecule has 2 aromatic heterocycles. The molecule has 0 aliphatic heterocycles. The maximum Gasteiger partial charge on any atom is 0.348 e. The van der Waals surface area contributed by atoms with Gasteiger partial charge in [0.15, 0.2) is 5.06 Å². The van der Waals surface area contributed by atoms with Gasteiger partial charge in [0.1, 0.15) is 4.88 Å². The number of esters is 1. The van der Waals surface area contributed by atoms with Crippen molar-refractivity contribution in [3.8, 4) is 5.06 Å². The van der Waals surface area contributed by atoms with Gasteiger partial charge in [0.05, 0.1) is 10.1 Å². The molecule has 0 amide bonds. The van der Waals surface area contributed by atoms with Crippen molar-refractivity contribution < 1.29 is 14.6 Å². The van der Waals surface area contributed by atoms with Crippen molar-refractivity contribution in [3.63, 3.8) is 0 Å². The topological polar surface area (TPSA) is 46.5 Å².